The largest absolute Gasteiger partial charge is 0.339 e. The number of carbonyl (C=O) groups is 1. The van der Waals surface area contributed by atoms with Crippen molar-refractivity contribution in [2.24, 2.45) is 0 Å². The van der Waals surface area contributed by atoms with Gasteiger partial charge in [0.1, 0.15) is 5.82 Å². The van der Waals surface area contributed by atoms with E-state index in [1.807, 2.05) is 53.4 Å². The van der Waals surface area contributed by atoms with Gasteiger partial charge in [-0.1, -0.05) is 30.3 Å². The lowest BCUT2D eigenvalue weighted by Gasteiger charge is -2.14. The second-order valence-electron chi connectivity index (χ2n) is 5.68. The number of hydrogen-bond donors (Lipinski definition) is 1. The van der Waals surface area contributed by atoms with Crippen molar-refractivity contribution in [2.45, 2.75) is 12.8 Å². The van der Waals surface area contributed by atoms with Gasteiger partial charge in [0.25, 0.3) is 5.91 Å². The molecule has 1 amide bonds. The maximum absolute atomic E-state index is 12.5. The highest BCUT2D eigenvalue weighted by Gasteiger charge is 2.20. The molecular formula is C18H17N3O. The average molecular weight is 291 g/mol. The van der Waals surface area contributed by atoms with Crippen LogP contribution in [0.2, 0.25) is 0 Å². The third-order valence-corrected chi connectivity index (χ3v) is 4.17. The fourth-order valence-corrected chi connectivity index (χ4v) is 2.98. The Morgan fingerprint density at radius 2 is 1.82 bits per heavy atom. The fraction of sp³-hybridized carbons (Fsp3) is 0.222. The van der Waals surface area contributed by atoms with E-state index in [2.05, 4.69) is 9.97 Å². The third kappa shape index (κ3) is 2.26. The first kappa shape index (κ1) is 13.1. The number of rotatable bonds is 2. The summed E-state index contributed by atoms with van der Waals surface area (Å²) in [7, 11) is 0. The van der Waals surface area contributed by atoms with E-state index in [4.69, 9.17) is 0 Å². The molecule has 0 unspecified atom stereocenters. The number of aromatic nitrogens is 2. The van der Waals surface area contributed by atoms with E-state index in [1.165, 1.54) is 0 Å². The molecule has 1 aliphatic rings. The number of hydrogen-bond acceptors (Lipinski definition) is 2. The molecule has 1 fully saturated rings. The van der Waals surface area contributed by atoms with Crippen molar-refractivity contribution in [3.63, 3.8) is 0 Å². The van der Waals surface area contributed by atoms with E-state index in [1.54, 1.807) is 0 Å². The second kappa shape index (κ2) is 5.30. The second-order valence-corrected chi connectivity index (χ2v) is 5.68. The summed E-state index contributed by atoms with van der Waals surface area (Å²) in [5.74, 6) is 0.955. The van der Waals surface area contributed by atoms with Crippen LogP contribution in [0.1, 0.15) is 23.2 Å². The summed E-state index contributed by atoms with van der Waals surface area (Å²) in [4.78, 5) is 22.3. The van der Waals surface area contributed by atoms with Gasteiger partial charge in [0.2, 0.25) is 0 Å². The van der Waals surface area contributed by atoms with Crippen LogP contribution in [-0.4, -0.2) is 33.9 Å². The van der Waals surface area contributed by atoms with Crippen LogP contribution < -0.4 is 0 Å². The molecule has 2 heterocycles. The lowest BCUT2D eigenvalue weighted by molar-refractivity contribution is 0.0793. The number of benzene rings is 2. The molecule has 0 atom stereocenters. The first-order valence-corrected chi connectivity index (χ1v) is 7.66. The van der Waals surface area contributed by atoms with Crippen LogP contribution in [0, 0.1) is 0 Å². The SMILES string of the molecule is O=C(c1ccc2nc(-c3ccccc3)[nH]c2c1)N1CCCC1. The molecule has 110 valence electrons. The van der Waals surface area contributed by atoms with Crippen LogP contribution >= 0.6 is 0 Å². The average Bonchev–Trinajstić information content (AvgIpc) is 3.23. The van der Waals surface area contributed by atoms with Crippen LogP contribution in [0.5, 0.6) is 0 Å². The topological polar surface area (TPSA) is 49.0 Å². The van der Waals surface area contributed by atoms with Gasteiger partial charge < -0.3 is 9.88 Å². The molecule has 1 aromatic heterocycles. The Morgan fingerprint density at radius 1 is 1.05 bits per heavy atom. The maximum atomic E-state index is 12.5. The van der Waals surface area contributed by atoms with E-state index in [-0.39, 0.29) is 5.91 Å². The zero-order chi connectivity index (χ0) is 14.9. The van der Waals surface area contributed by atoms with E-state index in [9.17, 15) is 4.79 Å². The quantitative estimate of drug-likeness (QED) is 0.786. The Balaban J connectivity index is 1.70. The summed E-state index contributed by atoms with van der Waals surface area (Å²) in [6, 6.07) is 15.7. The molecule has 0 aliphatic carbocycles. The normalized spacial score (nSPS) is 14.6. The standard InChI is InChI=1S/C18H17N3O/c22-18(21-10-4-5-11-21)14-8-9-15-16(12-14)20-17(19-15)13-6-2-1-3-7-13/h1-3,6-9,12H,4-5,10-11H2,(H,19,20). The van der Waals surface area contributed by atoms with E-state index < -0.39 is 0 Å². The van der Waals surface area contributed by atoms with Crippen LogP contribution in [-0.2, 0) is 0 Å². The number of H-pyrrole nitrogens is 1. The number of fused-ring (bicyclic) bond motifs is 1. The van der Waals surface area contributed by atoms with Crippen molar-refractivity contribution in [1.82, 2.24) is 14.9 Å². The number of carbonyl (C=O) groups excluding carboxylic acids is 1. The van der Waals surface area contributed by atoms with Gasteiger partial charge in [-0.15, -0.1) is 0 Å². The molecule has 1 saturated heterocycles. The summed E-state index contributed by atoms with van der Waals surface area (Å²) < 4.78 is 0. The minimum absolute atomic E-state index is 0.121. The number of imidazole rings is 1. The minimum atomic E-state index is 0.121. The van der Waals surface area contributed by atoms with E-state index in [0.717, 1.165) is 53.9 Å². The first-order chi connectivity index (χ1) is 10.8. The Hall–Kier alpha value is -2.62. The molecule has 22 heavy (non-hydrogen) atoms. The van der Waals surface area contributed by atoms with Gasteiger partial charge >= 0.3 is 0 Å². The van der Waals surface area contributed by atoms with Gasteiger partial charge in [0.15, 0.2) is 0 Å². The molecule has 4 heteroatoms. The van der Waals surface area contributed by atoms with E-state index in [0.29, 0.717) is 0 Å². The lowest BCUT2D eigenvalue weighted by atomic mass is 10.2. The lowest BCUT2D eigenvalue weighted by Crippen LogP contribution is -2.27. The van der Waals surface area contributed by atoms with Crippen LogP contribution in [0.3, 0.4) is 0 Å². The Bertz CT molecular complexity index is 817. The number of aromatic amines is 1. The van der Waals surface area contributed by atoms with Crippen LogP contribution in [0.15, 0.2) is 48.5 Å². The molecule has 1 aliphatic heterocycles. The van der Waals surface area contributed by atoms with Gasteiger partial charge in [-0.3, -0.25) is 4.79 Å². The van der Waals surface area contributed by atoms with Crippen molar-refractivity contribution < 1.29 is 4.79 Å². The minimum Gasteiger partial charge on any atom is -0.339 e. The van der Waals surface area contributed by atoms with Crippen molar-refractivity contribution in [2.75, 3.05) is 13.1 Å². The molecular weight excluding hydrogens is 274 g/mol. The third-order valence-electron chi connectivity index (χ3n) is 4.17. The van der Waals surface area contributed by atoms with Gasteiger partial charge in [0, 0.05) is 24.2 Å². The smallest absolute Gasteiger partial charge is 0.253 e. The highest BCUT2D eigenvalue weighted by Crippen LogP contribution is 2.22. The molecule has 2 aromatic carbocycles. The summed E-state index contributed by atoms with van der Waals surface area (Å²) >= 11 is 0. The molecule has 0 spiro atoms. The Morgan fingerprint density at radius 3 is 2.59 bits per heavy atom. The molecule has 0 saturated carbocycles. The Labute approximate surface area is 128 Å². The van der Waals surface area contributed by atoms with Gasteiger partial charge in [-0.05, 0) is 31.0 Å². The van der Waals surface area contributed by atoms with Crippen molar-refractivity contribution in [1.29, 1.82) is 0 Å². The van der Waals surface area contributed by atoms with Crippen LogP contribution in [0.25, 0.3) is 22.4 Å². The number of likely N-dealkylation sites (tertiary alicyclic amines) is 1. The summed E-state index contributed by atoms with van der Waals surface area (Å²) in [5, 5.41) is 0. The fourth-order valence-electron chi connectivity index (χ4n) is 2.98. The predicted molar refractivity (Wildman–Crippen MR) is 86.7 cm³/mol. The summed E-state index contributed by atoms with van der Waals surface area (Å²) in [5.41, 5.74) is 3.57. The monoisotopic (exact) mass is 291 g/mol. The van der Waals surface area contributed by atoms with Crippen LogP contribution in [0.4, 0.5) is 0 Å². The van der Waals surface area contributed by atoms with Crippen molar-refractivity contribution in [3.8, 4) is 11.4 Å². The molecule has 4 nitrogen and oxygen atoms in total. The highest BCUT2D eigenvalue weighted by atomic mass is 16.2. The summed E-state index contributed by atoms with van der Waals surface area (Å²) in [6.45, 7) is 1.74. The zero-order valence-corrected chi connectivity index (χ0v) is 12.2. The molecule has 4 rings (SSSR count). The zero-order valence-electron chi connectivity index (χ0n) is 12.2. The van der Waals surface area contributed by atoms with Gasteiger partial charge in [-0.25, -0.2) is 4.98 Å². The molecule has 0 bridgehead atoms. The van der Waals surface area contributed by atoms with Crippen molar-refractivity contribution >= 4 is 16.9 Å². The Kier molecular flexibility index (Phi) is 3.15. The maximum Gasteiger partial charge on any atom is 0.253 e. The predicted octanol–water partition coefficient (Wildman–Crippen LogP) is 3.47. The number of amides is 1. The molecule has 3 aromatic rings. The number of nitrogens with zero attached hydrogens (tertiary/aromatic N) is 2. The van der Waals surface area contributed by atoms with Crippen molar-refractivity contribution in [3.05, 3.63) is 54.1 Å². The first-order valence-electron chi connectivity index (χ1n) is 7.66. The highest BCUT2D eigenvalue weighted by molar-refractivity contribution is 5.97. The van der Waals surface area contributed by atoms with Gasteiger partial charge in [0.05, 0.1) is 11.0 Å². The molecule has 0 radical (unpaired) electrons. The van der Waals surface area contributed by atoms with Gasteiger partial charge in [-0.2, -0.15) is 0 Å². The summed E-state index contributed by atoms with van der Waals surface area (Å²) in [6.07, 6.45) is 2.21. The molecule has 1 N–H and O–H groups in total. The number of nitrogens with one attached hydrogen (secondary N) is 1. The van der Waals surface area contributed by atoms with E-state index >= 15 is 0 Å².